The van der Waals surface area contributed by atoms with E-state index in [9.17, 15) is 0 Å². The van der Waals surface area contributed by atoms with Crippen molar-refractivity contribution < 1.29 is 4.74 Å². The molecule has 0 aliphatic carbocycles. The summed E-state index contributed by atoms with van der Waals surface area (Å²) in [5, 5.41) is 2.04. The van der Waals surface area contributed by atoms with Crippen LogP contribution in [0.4, 0.5) is 0 Å². The van der Waals surface area contributed by atoms with Crippen LogP contribution in [-0.4, -0.2) is 4.98 Å². The molecule has 0 bridgehead atoms. The number of ether oxygens (including phenoxy) is 1. The van der Waals surface area contributed by atoms with E-state index >= 15 is 0 Å². The molecule has 0 saturated carbocycles. The third kappa shape index (κ3) is 2.78. The van der Waals surface area contributed by atoms with E-state index in [1.165, 1.54) is 4.88 Å². The van der Waals surface area contributed by atoms with Gasteiger partial charge in [0.1, 0.15) is 12.4 Å². The quantitative estimate of drug-likeness (QED) is 0.859. The number of nitrogens with zero attached hydrogens (tertiary/aromatic N) is 1. The van der Waals surface area contributed by atoms with Gasteiger partial charge in [-0.3, -0.25) is 4.98 Å². The lowest BCUT2D eigenvalue weighted by molar-refractivity contribution is 0.308. The van der Waals surface area contributed by atoms with Crippen molar-refractivity contribution in [2.24, 2.45) is 5.73 Å². The Morgan fingerprint density at radius 3 is 2.87 bits per heavy atom. The van der Waals surface area contributed by atoms with E-state index < -0.39 is 0 Å². The molecule has 3 nitrogen and oxygen atoms in total. The molecule has 0 fully saturated rings. The van der Waals surface area contributed by atoms with E-state index in [-0.39, 0.29) is 0 Å². The fraction of sp³-hybridized carbons (Fsp3) is 0.182. The van der Waals surface area contributed by atoms with Gasteiger partial charge in [-0.1, -0.05) is 6.07 Å². The maximum atomic E-state index is 5.56. The largest absolute Gasteiger partial charge is 0.486 e. The molecule has 0 radical (unpaired) electrons. The van der Waals surface area contributed by atoms with Gasteiger partial charge in [-0.2, -0.15) is 0 Å². The lowest BCUT2D eigenvalue weighted by Crippen LogP contribution is -1.99. The molecule has 0 unspecified atom stereocenters. The molecule has 0 aromatic carbocycles. The smallest absolute Gasteiger partial charge is 0.138 e. The third-order valence-electron chi connectivity index (χ3n) is 1.97. The monoisotopic (exact) mass is 220 g/mol. The van der Waals surface area contributed by atoms with Gasteiger partial charge in [0.25, 0.3) is 0 Å². The lowest BCUT2D eigenvalue weighted by atomic mass is 10.3. The molecule has 0 aliphatic heterocycles. The van der Waals surface area contributed by atoms with Gasteiger partial charge in [0.05, 0.1) is 11.9 Å². The second-order valence-electron chi connectivity index (χ2n) is 3.06. The second-order valence-corrected chi connectivity index (χ2v) is 4.09. The zero-order valence-electron chi connectivity index (χ0n) is 8.22. The van der Waals surface area contributed by atoms with Crippen molar-refractivity contribution in [3.05, 3.63) is 46.4 Å². The van der Waals surface area contributed by atoms with Crippen molar-refractivity contribution in [2.45, 2.75) is 13.2 Å². The van der Waals surface area contributed by atoms with Crippen molar-refractivity contribution in [2.75, 3.05) is 0 Å². The van der Waals surface area contributed by atoms with Crippen molar-refractivity contribution >= 4 is 11.3 Å². The molecule has 2 aromatic rings. The van der Waals surface area contributed by atoms with Gasteiger partial charge >= 0.3 is 0 Å². The van der Waals surface area contributed by atoms with Crippen LogP contribution in [0.5, 0.6) is 5.75 Å². The van der Waals surface area contributed by atoms with Crippen LogP contribution >= 0.6 is 11.3 Å². The number of rotatable bonds is 4. The summed E-state index contributed by atoms with van der Waals surface area (Å²) in [6.45, 7) is 1.06. The highest BCUT2D eigenvalue weighted by Gasteiger charge is 1.97. The van der Waals surface area contributed by atoms with E-state index in [4.69, 9.17) is 10.5 Å². The number of aromatic nitrogens is 1. The van der Waals surface area contributed by atoms with Gasteiger partial charge in [-0.05, 0) is 23.6 Å². The van der Waals surface area contributed by atoms with Crippen LogP contribution in [0.1, 0.15) is 10.6 Å². The van der Waals surface area contributed by atoms with E-state index in [1.807, 2.05) is 29.6 Å². The molecule has 78 valence electrons. The van der Waals surface area contributed by atoms with E-state index in [2.05, 4.69) is 4.98 Å². The van der Waals surface area contributed by atoms with Crippen LogP contribution in [0, 0.1) is 0 Å². The van der Waals surface area contributed by atoms with Crippen molar-refractivity contribution in [3.63, 3.8) is 0 Å². The summed E-state index contributed by atoms with van der Waals surface area (Å²) in [5.74, 6) is 0.778. The van der Waals surface area contributed by atoms with Gasteiger partial charge in [-0.25, -0.2) is 0 Å². The molecule has 15 heavy (non-hydrogen) atoms. The Balaban J connectivity index is 1.93. The molecule has 0 saturated heterocycles. The summed E-state index contributed by atoms with van der Waals surface area (Å²) in [6, 6.07) is 7.83. The Kier molecular flexibility index (Phi) is 3.32. The highest BCUT2D eigenvalue weighted by atomic mass is 32.1. The summed E-state index contributed by atoms with van der Waals surface area (Å²) in [7, 11) is 0. The van der Waals surface area contributed by atoms with Crippen LogP contribution in [0.25, 0.3) is 0 Å². The van der Waals surface area contributed by atoms with Gasteiger partial charge in [0.2, 0.25) is 0 Å². The van der Waals surface area contributed by atoms with Crippen LogP contribution < -0.4 is 10.5 Å². The Bertz CT molecular complexity index is 397. The van der Waals surface area contributed by atoms with Crippen molar-refractivity contribution in [3.8, 4) is 5.75 Å². The van der Waals surface area contributed by atoms with Gasteiger partial charge in [0.15, 0.2) is 0 Å². The Morgan fingerprint density at radius 2 is 2.27 bits per heavy atom. The Morgan fingerprint density at radius 1 is 1.33 bits per heavy atom. The first-order valence-electron chi connectivity index (χ1n) is 4.68. The lowest BCUT2D eigenvalue weighted by Gasteiger charge is -2.04. The number of hydrogen-bond acceptors (Lipinski definition) is 4. The van der Waals surface area contributed by atoms with E-state index in [0.29, 0.717) is 13.2 Å². The fourth-order valence-corrected chi connectivity index (χ4v) is 1.78. The minimum atomic E-state index is 0.463. The fourth-order valence-electron chi connectivity index (χ4n) is 1.17. The normalized spacial score (nSPS) is 10.2. The topological polar surface area (TPSA) is 48.1 Å². The predicted molar refractivity (Wildman–Crippen MR) is 60.8 cm³/mol. The molecule has 2 aromatic heterocycles. The number of hydrogen-bond donors (Lipinski definition) is 1. The van der Waals surface area contributed by atoms with Crippen molar-refractivity contribution in [1.29, 1.82) is 0 Å². The summed E-state index contributed by atoms with van der Waals surface area (Å²) >= 11 is 1.68. The molecule has 4 heteroatoms. The van der Waals surface area contributed by atoms with Crippen LogP contribution in [-0.2, 0) is 13.2 Å². The first-order chi connectivity index (χ1) is 7.38. The second kappa shape index (κ2) is 4.91. The first kappa shape index (κ1) is 10.1. The highest BCUT2D eigenvalue weighted by Crippen LogP contribution is 2.14. The summed E-state index contributed by atoms with van der Waals surface area (Å²) < 4.78 is 5.56. The standard InChI is InChI=1S/C11H12N2OS/c12-6-9-3-4-10(7-13-9)14-8-11-2-1-5-15-11/h1-5,7H,6,8,12H2. The zero-order chi connectivity index (χ0) is 10.5. The van der Waals surface area contributed by atoms with E-state index in [0.717, 1.165) is 11.4 Å². The summed E-state index contributed by atoms with van der Waals surface area (Å²) in [6.07, 6.45) is 1.70. The molecule has 0 atom stereocenters. The Hall–Kier alpha value is -1.39. The van der Waals surface area contributed by atoms with Crippen LogP contribution in [0.2, 0.25) is 0 Å². The zero-order valence-corrected chi connectivity index (χ0v) is 9.04. The average molecular weight is 220 g/mol. The minimum Gasteiger partial charge on any atom is -0.486 e. The highest BCUT2D eigenvalue weighted by molar-refractivity contribution is 7.09. The van der Waals surface area contributed by atoms with Crippen LogP contribution in [0.3, 0.4) is 0 Å². The third-order valence-corrected chi connectivity index (χ3v) is 2.82. The molecule has 0 spiro atoms. The van der Waals surface area contributed by atoms with Gasteiger partial charge < -0.3 is 10.5 Å². The number of nitrogens with two attached hydrogens (primary N) is 1. The maximum absolute atomic E-state index is 5.56. The number of thiophene rings is 1. The number of pyridine rings is 1. The van der Waals surface area contributed by atoms with Gasteiger partial charge in [-0.15, -0.1) is 11.3 Å². The molecule has 2 rings (SSSR count). The van der Waals surface area contributed by atoms with E-state index in [1.54, 1.807) is 17.5 Å². The van der Waals surface area contributed by atoms with Crippen LogP contribution in [0.15, 0.2) is 35.8 Å². The molecule has 2 heterocycles. The summed E-state index contributed by atoms with van der Waals surface area (Å²) in [5.41, 5.74) is 6.32. The SMILES string of the molecule is NCc1ccc(OCc2cccs2)cn1. The molecular weight excluding hydrogens is 208 g/mol. The maximum Gasteiger partial charge on any atom is 0.138 e. The van der Waals surface area contributed by atoms with Gasteiger partial charge in [0, 0.05) is 11.4 Å². The Labute approximate surface area is 92.5 Å². The minimum absolute atomic E-state index is 0.463. The molecule has 0 aliphatic rings. The average Bonchev–Trinajstić information content (AvgIpc) is 2.80. The first-order valence-corrected chi connectivity index (χ1v) is 5.56. The molecule has 2 N–H and O–H groups in total. The van der Waals surface area contributed by atoms with Crippen molar-refractivity contribution in [1.82, 2.24) is 4.98 Å². The molecule has 0 amide bonds. The summed E-state index contributed by atoms with van der Waals surface area (Å²) in [4.78, 5) is 5.36. The molecular formula is C11H12N2OS. The predicted octanol–water partition coefficient (Wildman–Crippen LogP) is 2.18.